The molecule has 0 radical (unpaired) electrons. The summed E-state index contributed by atoms with van der Waals surface area (Å²) >= 11 is 0. The zero-order valence-corrected chi connectivity index (χ0v) is 13.8. The van der Waals surface area contributed by atoms with E-state index in [2.05, 4.69) is 10.3 Å². The number of methoxy groups -OCH3 is 1. The van der Waals surface area contributed by atoms with E-state index in [1.807, 2.05) is 6.92 Å². The van der Waals surface area contributed by atoms with Crippen LogP contribution >= 0.6 is 0 Å². The minimum atomic E-state index is -0.802. The van der Waals surface area contributed by atoms with Crippen LogP contribution in [0.15, 0.2) is 36.4 Å². The molecule has 5 heteroatoms. The highest BCUT2D eigenvalue weighted by molar-refractivity contribution is 5.95. The number of ether oxygens (including phenoxy) is 1. The van der Waals surface area contributed by atoms with E-state index < -0.39 is 12.1 Å². The van der Waals surface area contributed by atoms with Crippen molar-refractivity contribution in [3.05, 3.63) is 58.9 Å². The van der Waals surface area contributed by atoms with Crippen LogP contribution < -0.4 is 10.1 Å². The monoisotopic (exact) mass is 314 g/mol. The number of nitrogens with one attached hydrogen (secondary N) is 1. The molecule has 0 aliphatic rings. The van der Waals surface area contributed by atoms with Gasteiger partial charge in [-0.05, 0) is 50.6 Å². The fourth-order valence-corrected chi connectivity index (χ4v) is 2.38. The molecule has 2 N–H and O–H groups in total. The minimum Gasteiger partial charge on any atom is -0.497 e. The number of pyridine rings is 1. The van der Waals surface area contributed by atoms with Gasteiger partial charge < -0.3 is 15.2 Å². The second-order valence-corrected chi connectivity index (χ2v) is 5.57. The molecule has 1 heterocycles. The number of rotatable bonds is 5. The molecule has 23 heavy (non-hydrogen) atoms. The number of aliphatic hydroxyl groups excluding tert-OH is 1. The lowest BCUT2D eigenvalue weighted by molar-refractivity contribution is 0.0851. The fourth-order valence-electron chi connectivity index (χ4n) is 2.38. The van der Waals surface area contributed by atoms with Crippen molar-refractivity contribution in [1.29, 1.82) is 0 Å². The first-order valence-corrected chi connectivity index (χ1v) is 7.49. The maximum Gasteiger partial charge on any atom is 0.253 e. The molecular weight excluding hydrogens is 292 g/mol. The maximum atomic E-state index is 12.3. The van der Waals surface area contributed by atoms with Gasteiger partial charge in [0.05, 0.1) is 30.5 Å². The molecule has 0 spiro atoms. The van der Waals surface area contributed by atoms with Crippen molar-refractivity contribution in [2.75, 3.05) is 7.11 Å². The molecule has 0 saturated carbocycles. The van der Waals surface area contributed by atoms with Gasteiger partial charge >= 0.3 is 0 Å². The topological polar surface area (TPSA) is 71.5 Å². The van der Waals surface area contributed by atoms with Gasteiger partial charge in [0.25, 0.3) is 5.91 Å². The maximum absolute atomic E-state index is 12.3. The Morgan fingerprint density at radius 2 is 1.83 bits per heavy atom. The highest BCUT2D eigenvalue weighted by atomic mass is 16.5. The van der Waals surface area contributed by atoms with Crippen molar-refractivity contribution >= 4 is 5.91 Å². The van der Waals surface area contributed by atoms with E-state index in [1.54, 1.807) is 57.4 Å². The zero-order valence-electron chi connectivity index (χ0n) is 13.8. The Morgan fingerprint density at radius 3 is 2.39 bits per heavy atom. The number of aromatic nitrogens is 1. The Bertz CT molecular complexity index is 683. The number of benzene rings is 1. The number of nitrogens with zero attached hydrogens (tertiary/aromatic N) is 1. The molecular formula is C18H22N2O3. The molecule has 2 unspecified atom stereocenters. The first-order valence-electron chi connectivity index (χ1n) is 7.49. The van der Waals surface area contributed by atoms with Crippen molar-refractivity contribution < 1.29 is 14.6 Å². The number of carbonyl (C=O) groups is 1. The highest BCUT2D eigenvalue weighted by Gasteiger charge is 2.20. The van der Waals surface area contributed by atoms with E-state index in [-0.39, 0.29) is 5.91 Å². The van der Waals surface area contributed by atoms with E-state index in [4.69, 9.17) is 4.74 Å². The summed E-state index contributed by atoms with van der Waals surface area (Å²) in [6.07, 6.45) is -0.802. The van der Waals surface area contributed by atoms with E-state index >= 15 is 0 Å². The molecule has 5 nitrogen and oxygen atoms in total. The fraction of sp³-hybridized carbons (Fsp3) is 0.333. The summed E-state index contributed by atoms with van der Waals surface area (Å²) in [6, 6.07) is 10.2. The Hall–Kier alpha value is -2.40. The lowest BCUT2D eigenvalue weighted by atomic mass is 10.0. The van der Waals surface area contributed by atoms with E-state index in [1.165, 1.54) is 0 Å². The standard InChI is InChI=1S/C18H22N2O3/c1-11-5-10-16(12(2)19-11)18(22)20-13(3)17(21)14-6-8-15(23-4)9-7-14/h5-10,13,17,21H,1-4H3,(H,20,22). The van der Waals surface area contributed by atoms with Crippen molar-refractivity contribution in [1.82, 2.24) is 10.3 Å². The number of aryl methyl sites for hydroxylation is 2. The molecule has 0 aliphatic carbocycles. The first kappa shape index (κ1) is 17.0. The molecule has 1 aromatic heterocycles. The third-order valence-corrected chi connectivity index (χ3v) is 3.76. The highest BCUT2D eigenvalue weighted by Crippen LogP contribution is 2.20. The second kappa shape index (κ2) is 7.24. The molecule has 1 amide bonds. The second-order valence-electron chi connectivity index (χ2n) is 5.57. The van der Waals surface area contributed by atoms with Gasteiger partial charge in [-0.2, -0.15) is 0 Å². The molecule has 0 saturated heterocycles. The Balaban J connectivity index is 2.07. The average molecular weight is 314 g/mol. The third kappa shape index (κ3) is 4.07. The van der Waals surface area contributed by atoms with E-state index in [0.29, 0.717) is 11.3 Å². The molecule has 2 rings (SSSR count). The lowest BCUT2D eigenvalue weighted by Gasteiger charge is -2.21. The number of hydrogen-bond acceptors (Lipinski definition) is 4. The van der Waals surface area contributed by atoms with Crippen molar-refractivity contribution in [3.8, 4) is 5.75 Å². The van der Waals surface area contributed by atoms with Crippen molar-refractivity contribution in [2.45, 2.75) is 32.9 Å². The molecule has 0 aliphatic heterocycles. The predicted octanol–water partition coefficient (Wildman–Crippen LogP) is 2.56. The van der Waals surface area contributed by atoms with Gasteiger partial charge in [-0.3, -0.25) is 9.78 Å². The predicted molar refractivity (Wildman–Crippen MR) is 88.6 cm³/mol. The van der Waals surface area contributed by atoms with Crippen LogP contribution in [0.2, 0.25) is 0 Å². The van der Waals surface area contributed by atoms with Crippen LogP contribution in [0.3, 0.4) is 0 Å². The van der Waals surface area contributed by atoms with Gasteiger partial charge in [-0.1, -0.05) is 12.1 Å². The molecule has 0 fully saturated rings. The smallest absolute Gasteiger partial charge is 0.253 e. The van der Waals surface area contributed by atoms with Crippen LogP contribution in [-0.4, -0.2) is 29.1 Å². The van der Waals surface area contributed by atoms with Crippen LogP contribution in [0.5, 0.6) is 5.75 Å². The number of hydrogen-bond donors (Lipinski definition) is 2. The third-order valence-electron chi connectivity index (χ3n) is 3.76. The zero-order chi connectivity index (χ0) is 17.0. The van der Waals surface area contributed by atoms with Gasteiger partial charge in [-0.15, -0.1) is 0 Å². The summed E-state index contributed by atoms with van der Waals surface area (Å²) in [5.41, 5.74) is 2.78. The van der Waals surface area contributed by atoms with Crippen LogP contribution in [0.1, 0.15) is 40.3 Å². The van der Waals surface area contributed by atoms with Crippen LogP contribution in [0.25, 0.3) is 0 Å². The number of amides is 1. The van der Waals surface area contributed by atoms with Gasteiger partial charge in [0.15, 0.2) is 0 Å². The molecule has 1 aromatic carbocycles. The summed E-state index contributed by atoms with van der Waals surface area (Å²) in [5.74, 6) is 0.481. The minimum absolute atomic E-state index is 0.241. The van der Waals surface area contributed by atoms with Gasteiger partial charge in [-0.25, -0.2) is 0 Å². The summed E-state index contributed by atoms with van der Waals surface area (Å²) in [5, 5.41) is 13.2. The lowest BCUT2D eigenvalue weighted by Crippen LogP contribution is -2.37. The van der Waals surface area contributed by atoms with Crippen LogP contribution in [0, 0.1) is 13.8 Å². The van der Waals surface area contributed by atoms with Crippen molar-refractivity contribution in [3.63, 3.8) is 0 Å². The van der Waals surface area contributed by atoms with Crippen LogP contribution in [-0.2, 0) is 0 Å². The Kier molecular flexibility index (Phi) is 5.34. The Labute approximate surface area is 136 Å². The average Bonchev–Trinajstić information content (AvgIpc) is 2.54. The SMILES string of the molecule is COc1ccc(C(O)C(C)NC(=O)c2ccc(C)nc2C)cc1. The molecule has 122 valence electrons. The summed E-state index contributed by atoms with van der Waals surface area (Å²) in [4.78, 5) is 16.6. The normalized spacial score (nSPS) is 13.3. The summed E-state index contributed by atoms with van der Waals surface area (Å²) < 4.78 is 5.10. The van der Waals surface area contributed by atoms with Gasteiger partial charge in [0, 0.05) is 5.69 Å². The van der Waals surface area contributed by atoms with Crippen LogP contribution in [0.4, 0.5) is 0 Å². The van der Waals surface area contributed by atoms with Crippen molar-refractivity contribution in [2.24, 2.45) is 0 Å². The molecule has 0 bridgehead atoms. The number of aliphatic hydroxyl groups is 1. The van der Waals surface area contributed by atoms with E-state index in [9.17, 15) is 9.90 Å². The molecule has 2 aromatic rings. The van der Waals surface area contributed by atoms with Gasteiger partial charge in [0.1, 0.15) is 5.75 Å². The number of carbonyl (C=O) groups excluding carboxylic acids is 1. The largest absolute Gasteiger partial charge is 0.497 e. The first-order chi connectivity index (χ1) is 10.9. The molecule has 2 atom stereocenters. The Morgan fingerprint density at radius 1 is 1.17 bits per heavy atom. The van der Waals surface area contributed by atoms with Gasteiger partial charge in [0.2, 0.25) is 0 Å². The van der Waals surface area contributed by atoms with E-state index in [0.717, 1.165) is 17.0 Å². The summed E-state index contributed by atoms with van der Waals surface area (Å²) in [7, 11) is 1.59. The summed E-state index contributed by atoms with van der Waals surface area (Å²) in [6.45, 7) is 5.45. The quantitative estimate of drug-likeness (QED) is 0.890.